The fourth-order valence-electron chi connectivity index (χ4n) is 1.17. The van der Waals surface area contributed by atoms with E-state index in [9.17, 15) is 4.79 Å². The minimum atomic E-state index is -0.794. The molecule has 0 aliphatic rings. The van der Waals surface area contributed by atoms with Crippen molar-refractivity contribution >= 4 is 41.6 Å². The summed E-state index contributed by atoms with van der Waals surface area (Å²) in [4.78, 5) is 15.3. The first-order chi connectivity index (χ1) is 8.52. The van der Waals surface area contributed by atoms with Gasteiger partial charge in [-0.05, 0) is 24.6 Å². The van der Waals surface area contributed by atoms with E-state index >= 15 is 0 Å². The second kappa shape index (κ2) is 9.34. The summed E-state index contributed by atoms with van der Waals surface area (Å²) < 4.78 is 10.0. The van der Waals surface area contributed by atoms with E-state index in [-0.39, 0.29) is 35.9 Å². The molecule has 0 saturated carbocycles. The molecule has 2 N–H and O–H groups in total. The number of esters is 1. The summed E-state index contributed by atoms with van der Waals surface area (Å²) in [5.74, 6) is -0.535. The van der Waals surface area contributed by atoms with Crippen LogP contribution in [0.5, 0.6) is 0 Å². The number of pyridine rings is 1. The maximum Gasteiger partial charge on any atom is 0.325 e. The Labute approximate surface area is 127 Å². The zero-order valence-electron chi connectivity index (χ0n) is 10.3. The molecule has 0 aliphatic heterocycles. The Kier molecular flexibility index (Phi) is 9.05. The van der Waals surface area contributed by atoms with Gasteiger partial charge in [0.1, 0.15) is 23.0 Å². The number of aromatic nitrogens is 1. The highest BCUT2D eigenvalue weighted by Gasteiger charge is 2.15. The molecule has 1 aromatic rings. The SMILES string of the molecule is CCOC[C@H](N)C(=O)OCc1cc(Cl)nc(Cl)c1.Cl. The quantitative estimate of drug-likeness (QED) is 0.640. The monoisotopic (exact) mass is 328 g/mol. The van der Waals surface area contributed by atoms with Gasteiger partial charge in [-0.3, -0.25) is 4.79 Å². The summed E-state index contributed by atoms with van der Waals surface area (Å²) in [6, 6.07) is 2.33. The van der Waals surface area contributed by atoms with E-state index in [1.165, 1.54) is 0 Å². The molecule has 0 unspecified atom stereocenters. The Balaban J connectivity index is 0.00000324. The number of halogens is 3. The molecule has 0 aromatic carbocycles. The molecule has 0 spiro atoms. The first-order valence-corrected chi connectivity index (χ1v) is 6.10. The molecular formula is C11H15Cl3N2O3. The zero-order chi connectivity index (χ0) is 13.5. The Morgan fingerprint density at radius 2 is 2.00 bits per heavy atom. The Morgan fingerprint density at radius 1 is 1.42 bits per heavy atom. The summed E-state index contributed by atoms with van der Waals surface area (Å²) in [7, 11) is 0. The molecular weight excluding hydrogens is 314 g/mol. The van der Waals surface area contributed by atoms with Gasteiger partial charge >= 0.3 is 5.97 Å². The van der Waals surface area contributed by atoms with Crippen molar-refractivity contribution in [2.45, 2.75) is 19.6 Å². The molecule has 1 rings (SSSR count). The van der Waals surface area contributed by atoms with Crippen LogP contribution in [0.15, 0.2) is 12.1 Å². The standard InChI is InChI=1S/C11H14Cl2N2O3.ClH/c1-2-17-6-8(14)11(16)18-5-7-3-9(12)15-10(13)4-7;/h3-4,8H,2,5-6,14H2,1H3;1H/t8-;/m0./s1. The van der Waals surface area contributed by atoms with Crippen LogP contribution in [-0.2, 0) is 20.9 Å². The number of ether oxygens (including phenoxy) is 2. The molecule has 8 heteroatoms. The van der Waals surface area contributed by atoms with E-state index in [1.54, 1.807) is 12.1 Å². The largest absolute Gasteiger partial charge is 0.460 e. The van der Waals surface area contributed by atoms with Gasteiger partial charge in [0.05, 0.1) is 6.61 Å². The van der Waals surface area contributed by atoms with Crippen molar-refractivity contribution in [1.29, 1.82) is 0 Å². The van der Waals surface area contributed by atoms with Crippen molar-refractivity contribution < 1.29 is 14.3 Å². The molecule has 0 saturated heterocycles. The van der Waals surface area contributed by atoms with Gasteiger partial charge in [0.2, 0.25) is 0 Å². The highest BCUT2D eigenvalue weighted by Crippen LogP contribution is 2.15. The van der Waals surface area contributed by atoms with E-state index in [2.05, 4.69) is 4.98 Å². The van der Waals surface area contributed by atoms with Crippen molar-refractivity contribution in [3.8, 4) is 0 Å². The first kappa shape index (κ1) is 18.4. The molecule has 19 heavy (non-hydrogen) atoms. The molecule has 0 bridgehead atoms. The van der Waals surface area contributed by atoms with Gasteiger partial charge in [0, 0.05) is 6.61 Å². The molecule has 1 atom stereocenters. The predicted octanol–water partition coefficient (Wildman–Crippen LogP) is 2.22. The summed E-state index contributed by atoms with van der Waals surface area (Å²) >= 11 is 11.4. The fraction of sp³-hybridized carbons (Fsp3) is 0.455. The minimum absolute atomic E-state index is 0. The number of hydrogen-bond acceptors (Lipinski definition) is 5. The molecule has 5 nitrogen and oxygen atoms in total. The zero-order valence-corrected chi connectivity index (χ0v) is 12.6. The van der Waals surface area contributed by atoms with Gasteiger partial charge in [0.15, 0.2) is 0 Å². The number of carbonyl (C=O) groups is 1. The summed E-state index contributed by atoms with van der Waals surface area (Å²) in [5, 5.41) is 0.485. The highest BCUT2D eigenvalue weighted by atomic mass is 35.5. The molecule has 1 heterocycles. The van der Waals surface area contributed by atoms with Gasteiger partial charge in [-0.25, -0.2) is 4.98 Å². The number of rotatable bonds is 6. The van der Waals surface area contributed by atoms with Crippen LogP contribution in [0.25, 0.3) is 0 Å². The van der Waals surface area contributed by atoms with Gasteiger partial charge < -0.3 is 15.2 Å². The number of nitrogens with two attached hydrogens (primary N) is 1. The number of hydrogen-bond donors (Lipinski definition) is 1. The summed E-state index contributed by atoms with van der Waals surface area (Å²) in [6.07, 6.45) is 0. The van der Waals surface area contributed by atoms with E-state index in [1.807, 2.05) is 6.92 Å². The van der Waals surface area contributed by atoms with Crippen molar-refractivity contribution in [2.24, 2.45) is 5.73 Å². The minimum Gasteiger partial charge on any atom is -0.460 e. The molecule has 0 fully saturated rings. The molecule has 108 valence electrons. The normalized spacial score (nSPS) is 11.6. The van der Waals surface area contributed by atoms with Crippen LogP contribution in [-0.4, -0.2) is 30.2 Å². The van der Waals surface area contributed by atoms with Crippen LogP contribution in [0.1, 0.15) is 12.5 Å². The number of carbonyl (C=O) groups excluding carboxylic acids is 1. The maximum atomic E-state index is 11.5. The Bertz CT molecular complexity index is 398. The van der Waals surface area contributed by atoms with Crippen molar-refractivity contribution in [3.05, 3.63) is 28.0 Å². The maximum absolute atomic E-state index is 11.5. The van der Waals surface area contributed by atoms with Gasteiger partial charge in [-0.2, -0.15) is 0 Å². The third-order valence-corrected chi connectivity index (χ3v) is 2.40. The van der Waals surface area contributed by atoms with E-state index in [0.29, 0.717) is 12.2 Å². The molecule has 0 amide bonds. The van der Waals surface area contributed by atoms with Crippen LogP contribution in [0.4, 0.5) is 0 Å². The summed E-state index contributed by atoms with van der Waals surface area (Å²) in [5.41, 5.74) is 6.21. The lowest BCUT2D eigenvalue weighted by molar-refractivity contribution is -0.148. The third-order valence-electron chi connectivity index (χ3n) is 2.01. The van der Waals surface area contributed by atoms with Gasteiger partial charge in [0.25, 0.3) is 0 Å². The van der Waals surface area contributed by atoms with Crippen molar-refractivity contribution in [2.75, 3.05) is 13.2 Å². The molecule has 1 aromatic heterocycles. The highest BCUT2D eigenvalue weighted by molar-refractivity contribution is 6.32. The summed E-state index contributed by atoms with van der Waals surface area (Å²) in [6.45, 7) is 2.49. The fourth-order valence-corrected chi connectivity index (χ4v) is 1.68. The molecule has 0 aliphatic carbocycles. The Hall–Kier alpha value is -0.590. The predicted molar refractivity (Wildman–Crippen MR) is 75.8 cm³/mol. The van der Waals surface area contributed by atoms with Crippen LogP contribution < -0.4 is 5.73 Å². The average molecular weight is 330 g/mol. The van der Waals surface area contributed by atoms with Gasteiger partial charge in [-0.15, -0.1) is 12.4 Å². The number of nitrogens with zero attached hydrogens (tertiary/aromatic N) is 1. The van der Waals surface area contributed by atoms with Crippen molar-refractivity contribution in [1.82, 2.24) is 4.98 Å². The lowest BCUT2D eigenvalue weighted by Gasteiger charge is -2.11. The van der Waals surface area contributed by atoms with E-state index < -0.39 is 12.0 Å². The van der Waals surface area contributed by atoms with Gasteiger partial charge in [-0.1, -0.05) is 23.2 Å². The Morgan fingerprint density at radius 3 is 2.53 bits per heavy atom. The second-order valence-corrected chi connectivity index (χ2v) is 4.27. The van der Waals surface area contributed by atoms with E-state index in [0.717, 1.165) is 0 Å². The second-order valence-electron chi connectivity index (χ2n) is 3.49. The van der Waals surface area contributed by atoms with Crippen LogP contribution in [0.2, 0.25) is 10.3 Å². The third kappa shape index (κ3) is 6.94. The molecule has 0 radical (unpaired) electrons. The first-order valence-electron chi connectivity index (χ1n) is 5.35. The average Bonchev–Trinajstić information content (AvgIpc) is 2.31. The van der Waals surface area contributed by atoms with Crippen molar-refractivity contribution in [3.63, 3.8) is 0 Å². The van der Waals surface area contributed by atoms with E-state index in [4.69, 9.17) is 38.4 Å². The topological polar surface area (TPSA) is 74.4 Å². The lowest BCUT2D eigenvalue weighted by Crippen LogP contribution is -2.36. The van der Waals surface area contributed by atoms with Crippen LogP contribution in [0.3, 0.4) is 0 Å². The smallest absolute Gasteiger partial charge is 0.325 e. The lowest BCUT2D eigenvalue weighted by atomic mass is 10.3. The van der Waals surface area contributed by atoms with Crippen LogP contribution >= 0.6 is 35.6 Å². The van der Waals surface area contributed by atoms with Crippen LogP contribution in [0, 0.1) is 0 Å².